The number of benzene rings is 2. The number of nitrogens with one attached hydrogen (secondary N) is 1. The Balaban J connectivity index is 1.65. The minimum absolute atomic E-state index is 0.189. The van der Waals surface area contributed by atoms with Gasteiger partial charge in [0.15, 0.2) is 5.75 Å². The summed E-state index contributed by atoms with van der Waals surface area (Å²) in [5, 5.41) is 3.24. The van der Waals surface area contributed by atoms with E-state index in [4.69, 9.17) is 9.15 Å². The Morgan fingerprint density at radius 1 is 1.04 bits per heavy atom. The summed E-state index contributed by atoms with van der Waals surface area (Å²) in [6, 6.07) is 17.9. The second-order valence-electron chi connectivity index (χ2n) is 4.98. The second-order valence-corrected chi connectivity index (χ2v) is 4.98. The fraction of sp³-hybridized carbons (Fsp3) is 0.111. The van der Waals surface area contributed by atoms with Gasteiger partial charge in [0.1, 0.15) is 5.58 Å². The third-order valence-electron chi connectivity index (χ3n) is 3.34. The van der Waals surface area contributed by atoms with Crippen molar-refractivity contribution < 1.29 is 13.9 Å². The van der Waals surface area contributed by atoms with Gasteiger partial charge in [-0.15, -0.1) is 0 Å². The molecule has 2 aromatic carbocycles. The van der Waals surface area contributed by atoms with E-state index < -0.39 is 11.7 Å². The average molecular weight is 309 g/mol. The van der Waals surface area contributed by atoms with Gasteiger partial charge in [0.2, 0.25) is 0 Å². The molecule has 116 valence electrons. The first kappa shape index (κ1) is 14.8. The van der Waals surface area contributed by atoms with E-state index in [1.54, 1.807) is 24.3 Å². The highest BCUT2D eigenvalue weighted by atomic mass is 16.6. The van der Waals surface area contributed by atoms with Gasteiger partial charge in [-0.25, -0.2) is 9.59 Å². The van der Waals surface area contributed by atoms with Crippen LogP contribution in [0.3, 0.4) is 0 Å². The molecule has 3 aromatic rings. The van der Waals surface area contributed by atoms with Gasteiger partial charge in [0, 0.05) is 6.54 Å². The maximum Gasteiger partial charge on any atom is 0.412 e. The van der Waals surface area contributed by atoms with Crippen LogP contribution in [0.25, 0.3) is 11.0 Å². The molecule has 0 unspecified atom stereocenters. The lowest BCUT2D eigenvalue weighted by atomic mass is 10.1. The van der Waals surface area contributed by atoms with E-state index in [0.29, 0.717) is 23.9 Å². The van der Waals surface area contributed by atoms with Crippen molar-refractivity contribution in [1.29, 1.82) is 0 Å². The smallest absolute Gasteiger partial charge is 0.412 e. The van der Waals surface area contributed by atoms with Crippen molar-refractivity contribution in [3.8, 4) is 5.75 Å². The molecule has 0 aliphatic heterocycles. The van der Waals surface area contributed by atoms with Gasteiger partial charge in [-0.3, -0.25) is 0 Å². The van der Waals surface area contributed by atoms with E-state index in [0.717, 1.165) is 5.56 Å². The summed E-state index contributed by atoms with van der Waals surface area (Å²) in [7, 11) is 0. The van der Waals surface area contributed by atoms with Crippen LogP contribution in [0, 0.1) is 0 Å². The number of carbonyl (C=O) groups is 1. The quantitative estimate of drug-likeness (QED) is 0.752. The van der Waals surface area contributed by atoms with Gasteiger partial charge in [0.25, 0.3) is 0 Å². The lowest BCUT2D eigenvalue weighted by molar-refractivity contribution is 0.201. The van der Waals surface area contributed by atoms with E-state index in [2.05, 4.69) is 5.32 Å². The number of rotatable bonds is 4. The van der Waals surface area contributed by atoms with Crippen LogP contribution in [-0.4, -0.2) is 12.6 Å². The summed E-state index contributed by atoms with van der Waals surface area (Å²) >= 11 is 0. The summed E-state index contributed by atoms with van der Waals surface area (Å²) in [5.41, 5.74) is 0.946. The number of fused-ring (bicyclic) bond motifs is 1. The van der Waals surface area contributed by atoms with Crippen LogP contribution in [0.2, 0.25) is 0 Å². The predicted octanol–water partition coefficient (Wildman–Crippen LogP) is 3.12. The largest absolute Gasteiger partial charge is 0.422 e. The summed E-state index contributed by atoms with van der Waals surface area (Å²) in [6.07, 6.45) is 0.102. The maximum atomic E-state index is 11.9. The molecule has 1 heterocycles. The number of ether oxygens (including phenoxy) is 1. The standard InChI is InChI=1S/C18H15NO4/c20-17-12-16(14-8-4-5-9-15(14)22-17)23-18(21)19-11-10-13-6-2-1-3-7-13/h1-9,12H,10-11H2,(H,19,21). The number of para-hydroxylation sites is 1. The van der Waals surface area contributed by atoms with Crippen LogP contribution in [0.15, 0.2) is 69.9 Å². The maximum absolute atomic E-state index is 11.9. The summed E-state index contributed by atoms with van der Waals surface area (Å²) < 4.78 is 10.3. The highest BCUT2D eigenvalue weighted by molar-refractivity contribution is 5.85. The topological polar surface area (TPSA) is 68.5 Å². The molecule has 1 aromatic heterocycles. The molecule has 1 amide bonds. The zero-order valence-electron chi connectivity index (χ0n) is 12.3. The molecule has 5 nitrogen and oxygen atoms in total. The summed E-state index contributed by atoms with van der Waals surface area (Å²) in [5.74, 6) is 0.189. The zero-order valence-corrected chi connectivity index (χ0v) is 12.3. The van der Waals surface area contributed by atoms with E-state index in [-0.39, 0.29) is 5.75 Å². The van der Waals surface area contributed by atoms with Crippen molar-refractivity contribution in [2.45, 2.75) is 6.42 Å². The fourth-order valence-corrected chi connectivity index (χ4v) is 2.26. The van der Waals surface area contributed by atoms with Crippen LogP contribution in [-0.2, 0) is 6.42 Å². The van der Waals surface area contributed by atoms with Crippen molar-refractivity contribution in [2.24, 2.45) is 0 Å². The van der Waals surface area contributed by atoms with Gasteiger partial charge < -0.3 is 14.5 Å². The fourth-order valence-electron chi connectivity index (χ4n) is 2.26. The van der Waals surface area contributed by atoms with E-state index in [1.165, 1.54) is 6.07 Å². The zero-order chi connectivity index (χ0) is 16.1. The Labute approximate surface area is 132 Å². The Bertz CT molecular complexity index is 871. The Kier molecular flexibility index (Phi) is 4.38. The molecular formula is C18H15NO4. The molecule has 23 heavy (non-hydrogen) atoms. The summed E-state index contributed by atoms with van der Waals surface area (Å²) in [6.45, 7) is 0.447. The van der Waals surface area contributed by atoms with Crippen molar-refractivity contribution in [1.82, 2.24) is 5.32 Å². The molecular weight excluding hydrogens is 294 g/mol. The van der Waals surface area contributed by atoms with Gasteiger partial charge in [-0.1, -0.05) is 42.5 Å². The molecule has 0 bridgehead atoms. The van der Waals surface area contributed by atoms with Gasteiger partial charge in [-0.05, 0) is 24.1 Å². The minimum Gasteiger partial charge on any atom is -0.422 e. The van der Waals surface area contributed by atoms with Crippen LogP contribution < -0.4 is 15.7 Å². The predicted molar refractivity (Wildman–Crippen MR) is 86.7 cm³/mol. The number of hydrogen-bond donors (Lipinski definition) is 1. The van der Waals surface area contributed by atoms with E-state index in [9.17, 15) is 9.59 Å². The number of hydrogen-bond acceptors (Lipinski definition) is 4. The molecule has 5 heteroatoms. The molecule has 0 fully saturated rings. The molecule has 3 rings (SSSR count). The molecule has 0 radical (unpaired) electrons. The summed E-state index contributed by atoms with van der Waals surface area (Å²) in [4.78, 5) is 23.4. The molecule has 0 aliphatic carbocycles. The first-order valence-electron chi connectivity index (χ1n) is 7.25. The highest BCUT2D eigenvalue weighted by Crippen LogP contribution is 2.23. The van der Waals surface area contributed by atoms with E-state index >= 15 is 0 Å². The Morgan fingerprint density at radius 3 is 2.61 bits per heavy atom. The van der Waals surface area contributed by atoms with Gasteiger partial charge >= 0.3 is 11.7 Å². The van der Waals surface area contributed by atoms with Crippen molar-refractivity contribution in [3.63, 3.8) is 0 Å². The SMILES string of the molecule is O=C(NCCc1ccccc1)Oc1cc(=O)oc2ccccc12. The van der Waals surface area contributed by atoms with Crippen LogP contribution >= 0.6 is 0 Å². The van der Waals surface area contributed by atoms with Crippen molar-refractivity contribution in [2.75, 3.05) is 6.54 Å². The highest BCUT2D eigenvalue weighted by Gasteiger charge is 2.10. The first-order chi connectivity index (χ1) is 11.2. The van der Waals surface area contributed by atoms with Crippen molar-refractivity contribution >= 4 is 17.1 Å². The molecule has 0 spiro atoms. The molecule has 0 saturated heterocycles. The Morgan fingerprint density at radius 2 is 1.78 bits per heavy atom. The third-order valence-corrected chi connectivity index (χ3v) is 3.34. The third kappa shape index (κ3) is 3.77. The molecule has 1 N–H and O–H groups in total. The molecule has 0 aliphatic rings. The lowest BCUT2D eigenvalue weighted by Crippen LogP contribution is -2.29. The van der Waals surface area contributed by atoms with Gasteiger partial charge in [0.05, 0.1) is 11.5 Å². The molecule has 0 atom stereocenters. The second kappa shape index (κ2) is 6.79. The van der Waals surface area contributed by atoms with Gasteiger partial charge in [-0.2, -0.15) is 0 Å². The monoisotopic (exact) mass is 309 g/mol. The number of carbonyl (C=O) groups excluding carboxylic acids is 1. The number of amides is 1. The van der Waals surface area contributed by atoms with Crippen LogP contribution in [0.4, 0.5) is 4.79 Å². The van der Waals surface area contributed by atoms with E-state index in [1.807, 2.05) is 30.3 Å². The van der Waals surface area contributed by atoms with Crippen LogP contribution in [0.1, 0.15) is 5.56 Å². The van der Waals surface area contributed by atoms with Crippen molar-refractivity contribution in [3.05, 3.63) is 76.6 Å². The lowest BCUT2D eigenvalue weighted by Gasteiger charge is -2.08. The Hall–Kier alpha value is -3.08. The molecule has 0 saturated carbocycles. The normalized spacial score (nSPS) is 10.4. The van der Waals surface area contributed by atoms with Crippen LogP contribution in [0.5, 0.6) is 5.75 Å². The average Bonchev–Trinajstić information content (AvgIpc) is 2.55. The first-order valence-corrected chi connectivity index (χ1v) is 7.25. The minimum atomic E-state index is -0.600.